The van der Waals surface area contributed by atoms with Crippen LogP contribution in [-0.2, 0) is 0 Å². The highest BCUT2D eigenvalue weighted by Gasteiger charge is 2.23. The van der Waals surface area contributed by atoms with E-state index in [0.717, 1.165) is 18.4 Å². The zero-order valence-electron chi connectivity index (χ0n) is 12.3. The van der Waals surface area contributed by atoms with Crippen molar-refractivity contribution in [2.75, 3.05) is 12.8 Å². The molecule has 1 saturated carbocycles. The summed E-state index contributed by atoms with van der Waals surface area (Å²) in [5, 5.41) is 3.75. The molecule has 4 nitrogen and oxygen atoms in total. The van der Waals surface area contributed by atoms with Crippen LogP contribution in [0.2, 0.25) is 0 Å². The number of hydrogen-bond acceptors (Lipinski definition) is 4. The lowest BCUT2D eigenvalue weighted by atomic mass is 9.95. The molecule has 2 unspecified atom stereocenters. The highest BCUT2D eigenvalue weighted by Crippen LogP contribution is 2.26. The molecule has 1 aromatic heterocycles. The number of nitrogens with two attached hydrogens (primary N) is 1. The number of aromatic nitrogens is 1. The number of carbonyl (C=O) groups is 1. The Kier molecular flexibility index (Phi) is 6.09. The standard InChI is InChI=1S/C16H21N3OS/c1-21-14-6-2-5-13(10-14)19-16(20)15-8-7-12(11-18-15)4-3-9-17/h7-8,11,13-14H,2,5-6,9-10,17H2,1H3,(H,19,20). The maximum atomic E-state index is 12.2. The molecule has 0 aliphatic heterocycles. The molecule has 1 aliphatic carbocycles. The second-order valence-corrected chi connectivity index (χ2v) is 6.27. The van der Waals surface area contributed by atoms with E-state index in [0.29, 0.717) is 17.5 Å². The first-order chi connectivity index (χ1) is 10.2. The summed E-state index contributed by atoms with van der Waals surface area (Å²) in [4.78, 5) is 16.4. The van der Waals surface area contributed by atoms with E-state index in [1.54, 1.807) is 18.3 Å². The Bertz CT molecular complexity index is 533. The summed E-state index contributed by atoms with van der Waals surface area (Å²) in [5.41, 5.74) is 6.54. The van der Waals surface area contributed by atoms with Gasteiger partial charge in [0.15, 0.2) is 0 Å². The average molecular weight is 303 g/mol. The molecule has 1 amide bonds. The predicted octanol–water partition coefficient (Wildman–Crippen LogP) is 1.80. The molecule has 21 heavy (non-hydrogen) atoms. The largest absolute Gasteiger partial charge is 0.348 e. The third kappa shape index (κ3) is 4.76. The second-order valence-electron chi connectivity index (χ2n) is 5.13. The number of pyridine rings is 1. The van der Waals surface area contributed by atoms with Gasteiger partial charge in [-0.2, -0.15) is 11.8 Å². The van der Waals surface area contributed by atoms with Gasteiger partial charge in [-0.25, -0.2) is 4.98 Å². The van der Waals surface area contributed by atoms with Gasteiger partial charge in [0.1, 0.15) is 5.69 Å². The topological polar surface area (TPSA) is 68.0 Å². The zero-order chi connectivity index (χ0) is 15.1. The molecule has 5 heteroatoms. The van der Waals surface area contributed by atoms with Crippen LogP contribution in [0.5, 0.6) is 0 Å². The molecule has 1 heterocycles. The van der Waals surface area contributed by atoms with E-state index < -0.39 is 0 Å². The molecule has 2 rings (SSSR count). The highest BCUT2D eigenvalue weighted by atomic mass is 32.2. The molecule has 0 radical (unpaired) electrons. The summed E-state index contributed by atoms with van der Waals surface area (Å²) in [6.45, 7) is 0.320. The summed E-state index contributed by atoms with van der Waals surface area (Å²) in [6.07, 6.45) is 8.29. The third-order valence-electron chi connectivity index (χ3n) is 3.63. The van der Waals surface area contributed by atoms with Crippen molar-refractivity contribution in [3.63, 3.8) is 0 Å². The van der Waals surface area contributed by atoms with Gasteiger partial charge in [-0.1, -0.05) is 18.3 Å². The maximum Gasteiger partial charge on any atom is 0.270 e. The summed E-state index contributed by atoms with van der Waals surface area (Å²) in [6, 6.07) is 3.78. The summed E-state index contributed by atoms with van der Waals surface area (Å²) < 4.78 is 0. The molecular formula is C16H21N3OS. The SMILES string of the molecule is CSC1CCCC(NC(=O)c2ccc(C#CCN)cn2)C1. The summed E-state index contributed by atoms with van der Waals surface area (Å²) in [7, 11) is 0. The van der Waals surface area contributed by atoms with E-state index in [1.165, 1.54) is 12.8 Å². The van der Waals surface area contributed by atoms with Crippen LogP contribution < -0.4 is 11.1 Å². The predicted molar refractivity (Wildman–Crippen MR) is 87.2 cm³/mol. The third-order valence-corrected chi connectivity index (χ3v) is 4.72. The van der Waals surface area contributed by atoms with Crippen molar-refractivity contribution in [1.82, 2.24) is 10.3 Å². The molecule has 3 N–H and O–H groups in total. The van der Waals surface area contributed by atoms with Crippen LogP contribution in [0, 0.1) is 11.8 Å². The smallest absolute Gasteiger partial charge is 0.270 e. The number of rotatable bonds is 3. The van der Waals surface area contributed by atoms with Crippen molar-refractivity contribution in [2.45, 2.75) is 37.0 Å². The van der Waals surface area contributed by atoms with Crippen LogP contribution in [-0.4, -0.2) is 35.0 Å². The van der Waals surface area contributed by atoms with Crippen LogP contribution in [0.25, 0.3) is 0 Å². The molecular weight excluding hydrogens is 282 g/mol. The number of hydrogen-bond donors (Lipinski definition) is 2. The van der Waals surface area contributed by atoms with E-state index in [-0.39, 0.29) is 11.9 Å². The number of thioether (sulfide) groups is 1. The Hall–Kier alpha value is -1.51. The monoisotopic (exact) mass is 303 g/mol. The van der Waals surface area contributed by atoms with Gasteiger partial charge in [0.05, 0.1) is 6.54 Å². The number of nitrogens with one attached hydrogen (secondary N) is 1. The Morgan fingerprint density at radius 3 is 3.05 bits per heavy atom. The Morgan fingerprint density at radius 2 is 2.38 bits per heavy atom. The fourth-order valence-corrected chi connectivity index (χ4v) is 3.33. The van der Waals surface area contributed by atoms with Gasteiger partial charge in [-0.05, 0) is 37.7 Å². The average Bonchev–Trinajstić information content (AvgIpc) is 2.53. The number of amides is 1. The zero-order valence-corrected chi connectivity index (χ0v) is 13.1. The van der Waals surface area contributed by atoms with Crippen LogP contribution in [0.15, 0.2) is 18.3 Å². The van der Waals surface area contributed by atoms with Crippen LogP contribution in [0.3, 0.4) is 0 Å². The molecule has 0 saturated heterocycles. The summed E-state index contributed by atoms with van der Waals surface area (Å²) in [5.74, 6) is 5.56. The lowest BCUT2D eigenvalue weighted by Gasteiger charge is -2.28. The first-order valence-corrected chi connectivity index (χ1v) is 8.50. The quantitative estimate of drug-likeness (QED) is 0.836. The molecule has 0 bridgehead atoms. The van der Waals surface area contributed by atoms with Crippen molar-refractivity contribution in [2.24, 2.45) is 5.73 Å². The maximum absolute atomic E-state index is 12.2. The minimum Gasteiger partial charge on any atom is -0.348 e. The fourth-order valence-electron chi connectivity index (χ4n) is 2.50. The first kappa shape index (κ1) is 15.9. The van der Waals surface area contributed by atoms with Crippen molar-refractivity contribution >= 4 is 17.7 Å². The van der Waals surface area contributed by atoms with Crippen LogP contribution in [0.1, 0.15) is 41.7 Å². The van der Waals surface area contributed by atoms with Gasteiger partial charge in [0, 0.05) is 23.1 Å². The van der Waals surface area contributed by atoms with Gasteiger partial charge in [-0.3, -0.25) is 4.79 Å². The van der Waals surface area contributed by atoms with Crippen molar-refractivity contribution in [3.8, 4) is 11.8 Å². The van der Waals surface area contributed by atoms with Gasteiger partial charge in [-0.15, -0.1) is 0 Å². The highest BCUT2D eigenvalue weighted by molar-refractivity contribution is 7.99. The van der Waals surface area contributed by atoms with Crippen molar-refractivity contribution < 1.29 is 4.79 Å². The van der Waals surface area contributed by atoms with Gasteiger partial charge < -0.3 is 11.1 Å². The van der Waals surface area contributed by atoms with E-state index in [2.05, 4.69) is 28.4 Å². The minimum atomic E-state index is -0.0971. The Balaban J connectivity index is 1.93. The van der Waals surface area contributed by atoms with Gasteiger partial charge in [0.25, 0.3) is 5.91 Å². The lowest BCUT2D eigenvalue weighted by Crippen LogP contribution is -2.39. The lowest BCUT2D eigenvalue weighted by molar-refractivity contribution is 0.0923. The summed E-state index contributed by atoms with van der Waals surface area (Å²) >= 11 is 1.89. The Labute approximate surface area is 130 Å². The van der Waals surface area contributed by atoms with E-state index in [1.807, 2.05) is 11.8 Å². The number of nitrogens with zero attached hydrogens (tertiary/aromatic N) is 1. The van der Waals surface area contributed by atoms with E-state index in [9.17, 15) is 4.79 Å². The van der Waals surface area contributed by atoms with Gasteiger partial charge in [0.2, 0.25) is 0 Å². The second kappa shape index (κ2) is 8.06. The number of carbonyl (C=O) groups excluding carboxylic acids is 1. The molecule has 0 aromatic carbocycles. The molecule has 1 aliphatic rings. The van der Waals surface area contributed by atoms with Crippen LogP contribution in [0.4, 0.5) is 0 Å². The van der Waals surface area contributed by atoms with Crippen molar-refractivity contribution in [1.29, 1.82) is 0 Å². The molecule has 2 atom stereocenters. The normalized spacial score (nSPS) is 21.2. The molecule has 1 aromatic rings. The Morgan fingerprint density at radius 1 is 1.52 bits per heavy atom. The van der Waals surface area contributed by atoms with E-state index in [4.69, 9.17) is 5.73 Å². The van der Waals surface area contributed by atoms with Crippen LogP contribution >= 0.6 is 11.8 Å². The minimum absolute atomic E-state index is 0.0971. The van der Waals surface area contributed by atoms with Gasteiger partial charge >= 0.3 is 0 Å². The van der Waals surface area contributed by atoms with E-state index >= 15 is 0 Å². The molecule has 0 spiro atoms. The molecule has 112 valence electrons. The fraction of sp³-hybridized carbons (Fsp3) is 0.500. The molecule has 1 fully saturated rings. The first-order valence-electron chi connectivity index (χ1n) is 7.21. The van der Waals surface area contributed by atoms with Crippen molar-refractivity contribution in [3.05, 3.63) is 29.6 Å².